The van der Waals surface area contributed by atoms with E-state index in [-0.39, 0.29) is 12.0 Å². The first-order valence-corrected chi connectivity index (χ1v) is 6.87. The van der Waals surface area contributed by atoms with Gasteiger partial charge < -0.3 is 5.73 Å². The van der Waals surface area contributed by atoms with Gasteiger partial charge in [-0.1, -0.05) is 0 Å². The Bertz CT molecular complexity index is 282. The molecule has 2 rings (SSSR count). The lowest BCUT2D eigenvalue weighted by Crippen LogP contribution is -2.39. The van der Waals surface area contributed by atoms with Crippen LogP contribution in [0.15, 0.2) is 0 Å². The third kappa shape index (κ3) is 2.23. The molecule has 0 amide bonds. The minimum Gasteiger partial charge on any atom is -0.327 e. The van der Waals surface area contributed by atoms with Gasteiger partial charge in [-0.3, -0.25) is 0 Å². The molecule has 4 heteroatoms. The molecule has 1 heterocycles. The van der Waals surface area contributed by atoms with Gasteiger partial charge in [0.15, 0.2) is 9.84 Å². The van der Waals surface area contributed by atoms with E-state index in [1.165, 1.54) is 12.8 Å². The van der Waals surface area contributed by atoms with Crippen molar-refractivity contribution in [3.8, 4) is 0 Å². The number of nitrogens with two attached hydrogens (primary N) is 1. The van der Waals surface area contributed by atoms with E-state index in [1.807, 2.05) is 0 Å². The Hall–Kier alpha value is -0.0900. The Morgan fingerprint density at radius 2 is 1.85 bits per heavy atom. The molecule has 3 nitrogen and oxygen atoms in total. The molecule has 2 fully saturated rings. The second-order valence-corrected chi connectivity index (χ2v) is 6.66. The number of sulfone groups is 1. The summed E-state index contributed by atoms with van der Waals surface area (Å²) in [6.07, 6.45) is 4.24. The van der Waals surface area contributed by atoms with Crippen molar-refractivity contribution in [1.82, 2.24) is 0 Å². The van der Waals surface area contributed by atoms with Gasteiger partial charge in [0.2, 0.25) is 0 Å². The first-order valence-electron chi connectivity index (χ1n) is 5.04. The molecule has 2 aliphatic rings. The van der Waals surface area contributed by atoms with Gasteiger partial charge in [0, 0.05) is 6.04 Å². The standard InChI is InChI=1S/C9H17NO2S/c10-9(7-3-4-7)8-2-1-5-13(11,12)6-8/h7-9H,1-6,10H2. The predicted molar refractivity (Wildman–Crippen MR) is 52.1 cm³/mol. The van der Waals surface area contributed by atoms with Crippen molar-refractivity contribution >= 4 is 9.84 Å². The highest BCUT2D eigenvalue weighted by atomic mass is 32.2. The lowest BCUT2D eigenvalue weighted by molar-refractivity contribution is 0.377. The van der Waals surface area contributed by atoms with Crippen LogP contribution in [0.2, 0.25) is 0 Å². The molecule has 2 unspecified atom stereocenters. The van der Waals surface area contributed by atoms with E-state index in [2.05, 4.69) is 0 Å². The van der Waals surface area contributed by atoms with Crippen LogP contribution in [0.3, 0.4) is 0 Å². The predicted octanol–water partition coefficient (Wildman–Crippen LogP) is 0.548. The van der Waals surface area contributed by atoms with E-state index in [9.17, 15) is 8.42 Å². The van der Waals surface area contributed by atoms with Crippen LogP contribution in [-0.4, -0.2) is 26.0 Å². The largest absolute Gasteiger partial charge is 0.327 e. The maximum Gasteiger partial charge on any atom is 0.150 e. The van der Waals surface area contributed by atoms with E-state index >= 15 is 0 Å². The van der Waals surface area contributed by atoms with Crippen molar-refractivity contribution in [3.63, 3.8) is 0 Å². The Morgan fingerprint density at radius 3 is 2.38 bits per heavy atom. The summed E-state index contributed by atoms with van der Waals surface area (Å²) in [7, 11) is -2.76. The third-order valence-electron chi connectivity index (χ3n) is 3.21. The summed E-state index contributed by atoms with van der Waals surface area (Å²) in [5.74, 6) is 1.58. The SMILES string of the molecule is NC(C1CC1)C1CCCS(=O)(=O)C1. The highest BCUT2D eigenvalue weighted by Gasteiger charge is 2.37. The number of hydrogen-bond donors (Lipinski definition) is 1. The van der Waals surface area contributed by atoms with Gasteiger partial charge in [0.05, 0.1) is 11.5 Å². The van der Waals surface area contributed by atoms with Gasteiger partial charge >= 0.3 is 0 Å². The van der Waals surface area contributed by atoms with E-state index in [0.717, 1.165) is 12.8 Å². The van der Waals surface area contributed by atoms with Crippen LogP contribution in [0.4, 0.5) is 0 Å². The Kier molecular flexibility index (Phi) is 2.36. The van der Waals surface area contributed by atoms with E-state index in [0.29, 0.717) is 17.4 Å². The smallest absolute Gasteiger partial charge is 0.150 e. The van der Waals surface area contributed by atoms with Crippen LogP contribution < -0.4 is 5.73 Å². The first-order chi connectivity index (χ1) is 6.08. The minimum absolute atomic E-state index is 0.148. The van der Waals surface area contributed by atoms with Crippen LogP contribution in [-0.2, 0) is 9.84 Å². The average Bonchev–Trinajstić information content (AvgIpc) is 2.83. The quantitative estimate of drug-likeness (QED) is 0.713. The molecule has 0 bridgehead atoms. The molecule has 2 N–H and O–H groups in total. The fraction of sp³-hybridized carbons (Fsp3) is 1.00. The van der Waals surface area contributed by atoms with Crippen LogP contribution in [0.25, 0.3) is 0 Å². The summed E-state index contributed by atoms with van der Waals surface area (Å²) < 4.78 is 22.7. The normalized spacial score (nSPS) is 35.6. The monoisotopic (exact) mass is 203 g/mol. The van der Waals surface area contributed by atoms with Gasteiger partial charge in [0.25, 0.3) is 0 Å². The van der Waals surface area contributed by atoms with Crippen LogP contribution in [0.5, 0.6) is 0 Å². The summed E-state index contributed by atoms with van der Waals surface area (Å²) >= 11 is 0. The molecular weight excluding hydrogens is 186 g/mol. The molecule has 1 saturated carbocycles. The van der Waals surface area contributed by atoms with Crippen LogP contribution in [0.1, 0.15) is 25.7 Å². The molecule has 1 aliphatic carbocycles. The van der Waals surface area contributed by atoms with Crippen molar-refractivity contribution in [2.75, 3.05) is 11.5 Å². The van der Waals surface area contributed by atoms with Crippen LogP contribution >= 0.6 is 0 Å². The molecule has 0 aromatic rings. The fourth-order valence-electron chi connectivity index (χ4n) is 2.23. The second-order valence-electron chi connectivity index (χ2n) is 4.43. The molecule has 0 aromatic carbocycles. The highest BCUT2D eigenvalue weighted by molar-refractivity contribution is 7.91. The fourth-order valence-corrected chi connectivity index (χ4v) is 4.04. The first kappa shape index (κ1) is 9.46. The average molecular weight is 203 g/mol. The van der Waals surface area contributed by atoms with E-state index in [4.69, 9.17) is 5.73 Å². The van der Waals surface area contributed by atoms with Crippen molar-refractivity contribution in [1.29, 1.82) is 0 Å². The Balaban J connectivity index is 1.99. The van der Waals surface area contributed by atoms with Crippen molar-refractivity contribution in [2.24, 2.45) is 17.6 Å². The summed E-state index contributed by atoms with van der Waals surface area (Å²) in [6, 6.07) is 0.148. The van der Waals surface area contributed by atoms with Crippen molar-refractivity contribution in [3.05, 3.63) is 0 Å². The summed E-state index contributed by atoms with van der Waals surface area (Å²) in [4.78, 5) is 0. The highest BCUT2D eigenvalue weighted by Crippen LogP contribution is 2.37. The minimum atomic E-state index is -2.76. The zero-order valence-electron chi connectivity index (χ0n) is 7.78. The number of rotatable bonds is 2. The summed E-state index contributed by atoms with van der Waals surface area (Å²) in [5.41, 5.74) is 6.01. The van der Waals surface area contributed by atoms with Crippen molar-refractivity contribution < 1.29 is 8.42 Å². The second kappa shape index (κ2) is 3.24. The molecule has 0 aromatic heterocycles. The molecule has 1 saturated heterocycles. The van der Waals surface area contributed by atoms with E-state index in [1.54, 1.807) is 0 Å². The molecule has 76 valence electrons. The van der Waals surface area contributed by atoms with Gasteiger partial charge in [-0.15, -0.1) is 0 Å². The molecule has 2 atom stereocenters. The maximum atomic E-state index is 11.4. The van der Waals surface area contributed by atoms with Crippen LogP contribution in [0, 0.1) is 11.8 Å². The zero-order valence-corrected chi connectivity index (χ0v) is 8.59. The summed E-state index contributed by atoms with van der Waals surface area (Å²) in [5, 5.41) is 0. The molecule has 13 heavy (non-hydrogen) atoms. The Labute approximate surface area is 79.6 Å². The van der Waals surface area contributed by atoms with Gasteiger partial charge in [-0.05, 0) is 37.5 Å². The number of hydrogen-bond acceptors (Lipinski definition) is 3. The Morgan fingerprint density at radius 1 is 1.15 bits per heavy atom. The third-order valence-corrected chi connectivity index (χ3v) is 5.06. The van der Waals surface area contributed by atoms with Gasteiger partial charge in [-0.25, -0.2) is 8.42 Å². The molecular formula is C9H17NO2S. The van der Waals surface area contributed by atoms with Crippen molar-refractivity contribution in [2.45, 2.75) is 31.7 Å². The molecule has 1 aliphatic heterocycles. The lowest BCUT2D eigenvalue weighted by atomic mass is 9.93. The van der Waals surface area contributed by atoms with E-state index < -0.39 is 9.84 Å². The summed E-state index contributed by atoms with van der Waals surface area (Å²) in [6.45, 7) is 0. The zero-order chi connectivity index (χ0) is 9.47. The maximum absolute atomic E-state index is 11.4. The topological polar surface area (TPSA) is 60.2 Å². The molecule has 0 spiro atoms. The lowest BCUT2D eigenvalue weighted by Gasteiger charge is -2.27. The van der Waals surface area contributed by atoms with Gasteiger partial charge in [-0.2, -0.15) is 0 Å². The van der Waals surface area contributed by atoms with Gasteiger partial charge in [0.1, 0.15) is 0 Å². The molecule has 0 radical (unpaired) electrons.